The highest BCUT2D eigenvalue weighted by molar-refractivity contribution is 6.35. The van der Waals surface area contributed by atoms with Gasteiger partial charge < -0.3 is 20.4 Å². The van der Waals surface area contributed by atoms with Crippen molar-refractivity contribution in [2.24, 2.45) is 17.3 Å². The molecule has 2 amide bonds. The SMILES string of the molecule is COC(=O)[C@H](CC1CCC(C)(C)CC1=O)NC(=O)[C@H](CC1CC1)NC(=O)c1cc2cccc(Cl)c2[nH]1. The van der Waals surface area contributed by atoms with Crippen LogP contribution in [-0.4, -0.2) is 47.7 Å². The van der Waals surface area contributed by atoms with Crippen LogP contribution in [0.4, 0.5) is 0 Å². The number of fused-ring (bicyclic) bond motifs is 1. The van der Waals surface area contributed by atoms with E-state index in [0.717, 1.165) is 24.6 Å². The van der Waals surface area contributed by atoms with Crippen LogP contribution in [0.3, 0.4) is 0 Å². The van der Waals surface area contributed by atoms with Gasteiger partial charge in [-0.05, 0) is 49.1 Å². The van der Waals surface area contributed by atoms with Crippen molar-refractivity contribution in [1.29, 1.82) is 0 Å². The molecule has 2 aliphatic carbocycles. The quantitative estimate of drug-likeness (QED) is 0.433. The fraction of sp³-hybridized carbons (Fsp3) is 0.556. The molecule has 0 saturated heterocycles. The summed E-state index contributed by atoms with van der Waals surface area (Å²) in [5, 5.41) is 6.89. The van der Waals surface area contributed by atoms with Crippen LogP contribution in [0.25, 0.3) is 10.9 Å². The Hall–Kier alpha value is -2.87. The number of aromatic nitrogens is 1. The summed E-state index contributed by atoms with van der Waals surface area (Å²) in [6.07, 6.45) is 4.65. The molecule has 9 heteroatoms. The number of benzene rings is 1. The van der Waals surface area contributed by atoms with Crippen LogP contribution in [0.15, 0.2) is 24.3 Å². The van der Waals surface area contributed by atoms with E-state index in [4.69, 9.17) is 16.3 Å². The predicted molar refractivity (Wildman–Crippen MR) is 137 cm³/mol. The van der Waals surface area contributed by atoms with Crippen LogP contribution in [-0.2, 0) is 19.1 Å². The zero-order chi connectivity index (χ0) is 26.0. The van der Waals surface area contributed by atoms with E-state index in [1.807, 2.05) is 6.07 Å². The number of aromatic amines is 1. The van der Waals surface area contributed by atoms with Gasteiger partial charge in [0.1, 0.15) is 23.6 Å². The summed E-state index contributed by atoms with van der Waals surface area (Å²) in [4.78, 5) is 54.6. The van der Waals surface area contributed by atoms with E-state index in [1.54, 1.807) is 18.2 Å². The van der Waals surface area contributed by atoms with E-state index in [2.05, 4.69) is 29.5 Å². The summed E-state index contributed by atoms with van der Waals surface area (Å²) in [6.45, 7) is 4.12. The number of rotatable bonds is 9. The van der Waals surface area contributed by atoms with Crippen LogP contribution >= 0.6 is 11.6 Å². The molecule has 194 valence electrons. The zero-order valence-corrected chi connectivity index (χ0v) is 21.7. The second kappa shape index (κ2) is 10.6. The van der Waals surface area contributed by atoms with Gasteiger partial charge in [0.05, 0.1) is 17.6 Å². The average Bonchev–Trinajstić information content (AvgIpc) is 3.53. The summed E-state index contributed by atoms with van der Waals surface area (Å²) < 4.78 is 4.93. The van der Waals surface area contributed by atoms with Gasteiger partial charge in [0.2, 0.25) is 5.91 Å². The number of Topliss-reactive ketones (excluding diaryl/α,β-unsaturated/α-hetero) is 1. The van der Waals surface area contributed by atoms with Crippen molar-refractivity contribution in [3.05, 3.63) is 35.0 Å². The summed E-state index contributed by atoms with van der Waals surface area (Å²) in [5.74, 6) is -1.34. The van der Waals surface area contributed by atoms with Crippen LogP contribution in [0.2, 0.25) is 5.02 Å². The Bertz CT molecular complexity index is 1170. The van der Waals surface area contributed by atoms with E-state index in [-0.39, 0.29) is 23.5 Å². The standard InChI is InChI=1S/C27H34ClN3O5/c1-27(2)10-9-16(22(32)14-27)12-21(26(35)36-3)31-24(33)19(11-15-7-8-15)30-25(34)20-13-17-5-4-6-18(28)23(17)29-20/h4-6,13,15-16,19,21,29H,7-12,14H2,1-3H3,(H,30,34)(H,31,33)/t16?,19-,21-/m0/s1. The summed E-state index contributed by atoms with van der Waals surface area (Å²) in [7, 11) is 1.26. The maximum atomic E-state index is 13.3. The molecule has 3 N–H and O–H groups in total. The summed E-state index contributed by atoms with van der Waals surface area (Å²) >= 11 is 6.22. The first-order valence-corrected chi connectivity index (χ1v) is 12.9. The van der Waals surface area contributed by atoms with E-state index in [9.17, 15) is 19.2 Å². The molecule has 4 rings (SSSR count). The topological polar surface area (TPSA) is 117 Å². The molecule has 1 unspecified atom stereocenters. The Kier molecular flexibility index (Phi) is 7.73. The molecular formula is C27H34ClN3O5. The van der Waals surface area contributed by atoms with Crippen LogP contribution in [0, 0.1) is 17.3 Å². The largest absolute Gasteiger partial charge is 0.467 e. The molecule has 1 heterocycles. The van der Waals surface area contributed by atoms with Gasteiger partial charge in [0.25, 0.3) is 5.91 Å². The highest BCUT2D eigenvalue weighted by Gasteiger charge is 2.38. The fourth-order valence-corrected chi connectivity index (χ4v) is 5.22. The lowest BCUT2D eigenvalue weighted by atomic mass is 9.71. The lowest BCUT2D eigenvalue weighted by Gasteiger charge is -2.34. The highest BCUT2D eigenvalue weighted by atomic mass is 35.5. The number of hydrogen-bond acceptors (Lipinski definition) is 5. The highest BCUT2D eigenvalue weighted by Crippen LogP contribution is 2.38. The molecule has 1 aromatic heterocycles. The first-order chi connectivity index (χ1) is 17.1. The van der Waals surface area contributed by atoms with E-state index in [0.29, 0.717) is 41.4 Å². The van der Waals surface area contributed by atoms with Crippen molar-refractivity contribution in [3.8, 4) is 0 Å². The molecule has 0 spiro atoms. The Morgan fingerprint density at radius 3 is 2.53 bits per heavy atom. The number of ether oxygens (including phenoxy) is 1. The molecule has 2 saturated carbocycles. The van der Waals surface area contributed by atoms with E-state index in [1.165, 1.54) is 7.11 Å². The predicted octanol–water partition coefficient (Wildman–Crippen LogP) is 4.16. The molecule has 8 nitrogen and oxygen atoms in total. The number of carbonyl (C=O) groups excluding carboxylic acids is 4. The van der Waals surface area contributed by atoms with Crippen molar-refractivity contribution < 1.29 is 23.9 Å². The van der Waals surface area contributed by atoms with E-state index >= 15 is 0 Å². The number of carbonyl (C=O) groups is 4. The third kappa shape index (κ3) is 6.27. The van der Waals surface area contributed by atoms with Gasteiger partial charge in [0, 0.05) is 17.7 Å². The molecule has 2 aromatic rings. The van der Waals surface area contributed by atoms with Crippen molar-refractivity contribution in [1.82, 2.24) is 15.6 Å². The number of ketones is 1. The van der Waals surface area contributed by atoms with Gasteiger partial charge in [-0.25, -0.2) is 4.79 Å². The van der Waals surface area contributed by atoms with Crippen molar-refractivity contribution in [2.75, 3.05) is 7.11 Å². The number of nitrogens with one attached hydrogen (secondary N) is 3. The van der Waals surface area contributed by atoms with Gasteiger partial charge in [0.15, 0.2) is 0 Å². The Labute approximate surface area is 215 Å². The van der Waals surface area contributed by atoms with Crippen LogP contribution in [0.1, 0.15) is 69.3 Å². The number of hydrogen-bond donors (Lipinski definition) is 3. The van der Waals surface area contributed by atoms with E-state index < -0.39 is 29.9 Å². The maximum Gasteiger partial charge on any atom is 0.328 e. The summed E-state index contributed by atoms with van der Waals surface area (Å²) in [6, 6.07) is 5.29. The molecule has 1 aromatic carbocycles. The Morgan fingerprint density at radius 1 is 1.14 bits per heavy atom. The minimum absolute atomic E-state index is 0.0515. The molecule has 0 radical (unpaired) electrons. The smallest absolute Gasteiger partial charge is 0.328 e. The van der Waals surface area contributed by atoms with Gasteiger partial charge in [-0.3, -0.25) is 14.4 Å². The minimum Gasteiger partial charge on any atom is -0.467 e. The van der Waals surface area contributed by atoms with Crippen molar-refractivity contribution >= 4 is 46.1 Å². The molecule has 36 heavy (non-hydrogen) atoms. The number of H-pyrrole nitrogens is 1. The third-order valence-corrected chi connectivity index (χ3v) is 7.65. The monoisotopic (exact) mass is 515 g/mol. The first-order valence-electron chi connectivity index (χ1n) is 12.6. The fourth-order valence-electron chi connectivity index (χ4n) is 4.99. The van der Waals surface area contributed by atoms with Crippen molar-refractivity contribution in [2.45, 2.75) is 70.9 Å². The second-order valence-corrected chi connectivity index (χ2v) is 11.4. The first kappa shape index (κ1) is 26.2. The van der Waals surface area contributed by atoms with Gasteiger partial charge >= 0.3 is 5.97 Å². The lowest BCUT2D eigenvalue weighted by Crippen LogP contribution is -2.53. The molecule has 2 fully saturated rings. The molecule has 2 aliphatic rings. The minimum atomic E-state index is -0.955. The Morgan fingerprint density at radius 2 is 1.89 bits per heavy atom. The van der Waals surface area contributed by atoms with Crippen molar-refractivity contribution in [3.63, 3.8) is 0 Å². The maximum absolute atomic E-state index is 13.3. The lowest BCUT2D eigenvalue weighted by molar-refractivity contribution is -0.146. The third-order valence-electron chi connectivity index (χ3n) is 7.34. The number of para-hydroxylation sites is 1. The number of esters is 1. The number of methoxy groups -OCH3 is 1. The number of halogens is 1. The summed E-state index contributed by atoms with van der Waals surface area (Å²) in [5.41, 5.74) is 0.898. The molecule has 3 atom stereocenters. The zero-order valence-electron chi connectivity index (χ0n) is 21.0. The number of amides is 2. The Balaban J connectivity index is 1.46. The second-order valence-electron chi connectivity index (χ2n) is 11.0. The van der Waals surface area contributed by atoms with Crippen LogP contribution in [0.5, 0.6) is 0 Å². The average molecular weight is 516 g/mol. The van der Waals surface area contributed by atoms with Gasteiger partial charge in [-0.1, -0.05) is 50.4 Å². The normalized spacial score (nSPS) is 21.0. The van der Waals surface area contributed by atoms with Crippen LogP contribution < -0.4 is 10.6 Å². The molecular weight excluding hydrogens is 482 g/mol. The van der Waals surface area contributed by atoms with Gasteiger partial charge in [-0.2, -0.15) is 0 Å². The molecule has 0 aliphatic heterocycles. The molecule has 0 bridgehead atoms. The van der Waals surface area contributed by atoms with Gasteiger partial charge in [-0.15, -0.1) is 0 Å².